The van der Waals surface area contributed by atoms with Gasteiger partial charge in [0.05, 0.1) is 31.1 Å². The quantitative estimate of drug-likeness (QED) is 0.305. The molecule has 0 bridgehead atoms. The van der Waals surface area contributed by atoms with Crippen LogP contribution in [0.2, 0.25) is 0 Å². The molecule has 0 radical (unpaired) electrons. The number of rotatable bonds is 6. The number of hydrogen-bond donors (Lipinski definition) is 3. The zero-order chi connectivity index (χ0) is 14.1. The zero-order valence-corrected chi connectivity index (χ0v) is 11.5. The second-order valence-electron chi connectivity index (χ2n) is 3.87. The van der Waals surface area contributed by atoms with Crippen LogP contribution < -0.4 is 21.3 Å². The molecule has 0 aliphatic heterocycles. The van der Waals surface area contributed by atoms with Crippen molar-refractivity contribution < 1.29 is 9.47 Å². The maximum Gasteiger partial charge on any atom is 0.213 e. The van der Waals surface area contributed by atoms with Crippen LogP contribution in [-0.2, 0) is 4.74 Å². The summed E-state index contributed by atoms with van der Waals surface area (Å²) >= 11 is 0. The van der Waals surface area contributed by atoms with Crippen molar-refractivity contribution in [3.63, 3.8) is 0 Å². The average Bonchev–Trinajstić information content (AvgIpc) is 2.40. The van der Waals surface area contributed by atoms with Crippen LogP contribution in [0, 0.1) is 0 Å². The van der Waals surface area contributed by atoms with Crippen molar-refractivity contribution in [2.24, 2.45) is 10.8 Å². The van der Waals surface area contributed by atoms with Crippen molar-refractivity contribution >= 4 is 11.6 Å². The number of ether oxygens (including phenoxy) is 2. The largest absolute Gasteiger partial charge is 0.478 e. The second-order valence-corrected chi connectivity index (χ2v) is 3.87. The molecule has 0 saturated carbocycles. The minimum atomic E-state index is -0.000734. The molecule has 0 amide bonds. The molecule has 0 aliphatic carbocycles. The van der Waals surface area contributed by atoms with Crippen LogP contribution in [0.4, 0.5) is 5.69 Å². The molecule has 1 heterocycles. The molecule has 1 atom stereocenters. The molecule has 0 spiro atoms. The fourth-order valence-electron chi connectivity index (χ4n) is 1.43. The summed E-state index contributed by atoms with van der Waals surface area (Å²) in [6, 6.07) is 3.61. The number of hydrazine groups is 1. The maximum absolute atomic E-state index is 5.41. The summed E-state index contributed by atoms with van der Waals surface area (Å²) in [5.41, 5.74) is 3.27. The predicted octanol–water partition coefficient (Wildman–Crippen LogP) is 0.746. The first-order valence-corrected chi connectivity index (χ1v) is 6.08. The van der Waals surface area contributed by atoms with E-state index in [4.69, 9.17) is 15.3 Å². The van der Waals surface area contributed by atoms with Gasteiger partial charge in [0.15, 0.2) is 0 Å². The van der Waals surface area contributed by atoms with E-state index in [9.17, 15) is 0 Å². The Bertz CT molecular complexity index is 394. The van der Waals surface area contributed by atoms with Crippen molar-refractivity contribution in [3.8, 4) is 5.88 Å². The molecule has 0 aromatic carbocycles. The minimum Gasteiger partial charge on any atom is -0.478 e. The normalized spacial score (nSPS) is 12.9. The summed E-state index contributed by atoms with van der Waals surface area (Å²) in [4.78, 5) is 8.46. The van der Waals surface area contributed by atoms with Crippen molar-refractivity contribution in [3.05, 3.63) is 18.3 Å². The van der Waals surface area contributed by atoms with Crippen LogP contribution in [0.15, 0.2) is 23.3 Å². The van der Waals surface area contributed by atoms with Gasteiger partial charge < -0.3 is 14.8 Å². The monoisotopic (exact) mass is 267 g/mol. The molecule has 7 heteroatoms. The van der Waals surface area contributed by atoms with Gasteiger partial charge in [-0.05, 0) is 19.9 Å². The number of nitrogens with one attached hydrogen (secondary N) is 2. The van der Waals surface area contributed by atoms with E-state index >= 15 is 0 Å². The molecule has 0 fully saturated rings. The van der Waals surface area contributed by atoms with E-state index in [0.717, 1.165) is 5.69 Å². The van der Waals surface area contributed by atoms with E-state index in [1.807, 2.05) is 19.9 Å². The fraction of sp³-hybridized carbons (Fsp3) is 0.500. The summed E-state index contributed by atoms with van der Waals surface area (Å²) in [5.74, 6) is 6.45. The first-order chi connectivity index (χ1) is 9.19. The van der Waals surface area contributed by atoms with Crippen molar-refractivity contribution in [1.29, 1.82) is 0 Å². The molecular formula is C12H21N5O2. The number of nitrogens with two attached hydrogens (primary N) is 1. The highest BCUT2D eigenvalue weighted by molar-refractivity contribution is 5.93. The lowest BCUT2D eigenvalue weighted by atomic mass is 10.4. The Kier molecular flexibility index (Phi) is 6.62. The molecule has 1 rings (SSSR count). The molecule has 0 saturated heterocycles. The Morgan fingerprint density at radius 3 is 2.84 bits per heavy atom. The highest BCUT2D eigenvalue weighted by Crippen LogP contribution is 2.11. The molecule has 0 aliphatic rings. The van der Waals surface area contributed by atoms with E-state index in [-0.39, 0.29) is 6.04 Å². The Hall–Kier alpha value is -1.86. The standard InChI is InChI=1S/C12H21N5O2/c1-4-19-11-6-5-10(7-14-11)16-12(17-13)15-9(2)8-18-3/h5-7,9H,4,8,13H2,1-3H3,(H2,15,16,17). The van der Waals surface area contributed by atoms with Crippen LogP contribution in [-0.4, -0.2) is 37.3 Å². The van der Waals surface area contributed by atoms with E-state index in [1.54, 1.807) is 19.4 Å². The minimum absolute atomic E-state index is 0.000734. The van der Waals surface area contributed by atoms with Gasteiger partial charge in [0.25, 0.3) is 0 Å². The molecule has 19 heavy (non-hydrogen) atoms. The lowest BCUT2D eigenvalue weighted by molar-refractivity contribution is 0.185. The Morgan fingerprint density at radius 1 is 1.53 bits per heavy atom. The summed E-state index contributed by atoms with van der Waals surface area (Å²) in [7, 11) is 1.63. The van der Waals surface area contributed by atoms with Crippen molar-refractivity contribution in [2.45, 2.75) is 19.9 Å². The van der Waals surface area contributed by atoms with Gasteiger partial charge in [0.1, 0.15) is 0 Å². The number of hydrogen-bond acceptors (Lipinski definition) is 5. The van der Waals surface area contributed by atoms with Gasteiger partial charge in [-0.3, -0.25) is 5.43 Å². The van der Waals surface area contributed by atoms with Crippen LogP contribution >= 0.6 is 0 Å². The number of aliphatic imine (C=N–C) groups is 1. The Labute approximate surface area is 113 Å². The van der Waals surface area contributed by atoms with Crippen molar-refractivity contribution in [1.82, 2.24) is 10.4 Å². The molecule has 7 nitrogen and oxygen atoms in total. The third kappa shape index (κ3) is 5.54. The lowest BCUT2D eigenvalue weighted by Crippen LogP contribution is -2.37. The Morgan fingerprint density at radius 2 is 2.32 bits per heavy atom. The topological polar surface area (TPSA) is 93.8 Å². The number of nitrogens with zero attached hydrogens (tertiary/aromatic N) is 2. The van der Waals surface area contributed by atoms with Crippen LogP contribution in [0.5, 0.6) is 5.88 Å². The molecule has 1 unspecified atom stereocenters. The average molecular weight is 267 g/mol. The van der Waals surface area contributed by atoms with Gasteiger partial charge in [-0.25, -0.2) is 15.8 Å². The molecular weight excluding hydrogens is 246 g/mol. The number of methoxy groups -OCH3 is 1. The van der Waals surface area contributed by atoms with Crippen LogP contribution in [0.3, 0.4) is 0 Å². The summed E-state index contributed by atoms with van der Waals surface area (Å²) in [6.45, 7) is 4.95. The third-order valence-corrected chi connectivity index (χ3v) is 2.19. The van der Waals surface area contributed by atoms with E-state index in [1.165, 1.54) is 0 Å². The molecule has 106 valence electrons. The number of guanidine groups is 1. The van der Waals surface area contributed by atoms with Crippen LogP contribution in [0.25, 0.3) is 0 Å². The first kappa shape index (κ1) is 15.2. The lowest BCUT2D eigenvalue weighted by Gasteiger charge is -2.12. The summed E-state index contributed by atoms with van der Waals surface area (Å²) in [5, 5.41) is 3.03. The summed E-state index contributed by atoms with van der Waals surface area (Å²) < 4.78 is 10.3. The zero-order valence-electron chi connectivity index (χ0n) is 11.5. The number of pyridine rings is 1. The maximum atomic E-state index is 5.41. The highest BCUT2D eigenvalue weighted by Gasteiger charge is 2.03. The van der Waals surface area contributed by atoms with Gasteiger partial charge in [-0.1, -0.05) is 0 Å². The highest BCUT2D eigenvalue weighted by atomic mass is 16.5. The van der Waals surface area contributed by atoms with Crippen LogP contribution in [0.1, 0.15) is 13.8 Å². The fourth-order valence-corrected chi connectivity index (χ4v) is 1.43. The van der Waals surface area contributed by atoms with E-state index in [0.29, 0.717) is 25.1 Å². The third-order valence-electron chi connectivity index (χ3n) is 2.19. The van der Waals surface area contributed by atoms with Gasteiger partial charge in [0.2, 0.25) is 11.8 Å². The second kappa shape index (κ2) is 8.28. The van der Waals surface area contributed by atoms with Gasteiger partial charge >= 0.3 is 0 Å². The van der Waals surface area contributed by atoms with Gasteiger partial charge in [-0.2, -0.15) is 0 Å². The molecule has 1 aromatic rings. The Balaban J connectivity index is 2.64. The van der Waals surface area contributed by atoms with E-state index < -0.39 is 0 Å². The van der Waals surface area contributed by atoms with Crippen molar-refractivity contribution in [2.75, 3.05) is 25.6 Å². The van der Waals surface area contributed by atoms with E-state index in [2.05, 4.69) is 20.7 Å². The number of aromatic nitrogens is 1. The predicted molar refractivity (Wildman–Crippen MR) is 75.1 cm³/mol. The first-order valence-electron chi connectivity index (χ1n) is 6.08. The van der Waals surface area contributed by atoms with Gasteiger partial charge in [-0.15, -0.1) is 0 Å². The number of anilines is 1. The van der Waals surface area contributed by atoms with Gasteiger partial charge in [0, 0.05) is 13.2 Å². The molecule has 1 aromatic heterocycles. The summed E-state index contributed by atoms with van der Waals surface area (Å²) in [6.07, 6.45) is 1.65. The SMILES string of the molecule is CCOc1ccc(NC(=NC(C)COC)NN)cn1. The smallest absolute Gasteiger partial charge is 0.213 e. The molecule has 4 N–H and O–H groups in total.